The lowest BCUT2D eigenvalue weighted by atomic mass is 10.1. The van der Waals surface area contributed by atoms with Gasteiger partial charge in [-0.1, -0.05) is 25.1 Å². The van der Waals surface area contributed by atoms with Crippen molar-refractivity contribution in [2.75, 3.05) is 20.1 Å². The lowest BCUT2D eigenvalue weighted by Gasteiger charge is -2.12. The lowest BCUT2D eigenvalue weighted by molar-refractivity contribution is 0.783. The van der Waals surface area contributed by atoms with Gasteiger partial charge in [-0.3, -0.25) is 9.98 Å². The predicted molar refractivity (Wildman–Crippen MR) is 113 cm³/mol. The maximum absolute atomic E-state index is 4.32. The molecule has 2 heterocycles. The number of aliphatic imine (C=N–C) groups is 1. The van der Waals surface area contributed by atoms with Crippen LogP contribution in [-0.2, 0) is 19.3 Å². The summed E-state index contributed by atoms with van der Waals surface area (Å²) in [5.41, 5.74) is 6.53. The SMILES string of the molecule is CCc1cccc2c(CCNC(=NC)NCCc3ccncc3C)c[nH]c12. The van der Waals surface area contributed by atoms with E-state index < -0.39 is 0 Å². The smallest absolute Gasteiger partial charge is 0.190 e. The first kappa shape index (κ1) is 19.0. The van der Waals surface area contributed by atoms with Gasteiger partial charge in [0.25, 0.3) is 0 Å². The highest BCUT2D eigenvalue weighted by Gasteiger charge is 2.07. The molecule has 0 unspecified atom stereocenters. The number of rotatable bonds is 7. The van der Waals surface area contributed by atoms with Crippen LogP contribution in [0.2, 0.25) is 0 Å². The number of hydrogen-bond donors (Lipinski definition) is 3. The van der Waals surface area contributed by atoms with E-state index in [2.05, 4.69) is 69.9 Å². The molecular formula is C22H29N5. The summed E-state index contributed by atoms with van der Waals surface area (Å²) in [5, 5.41) is 8.13. The Morgan fingerprint density at radius 1 is 1.07 bits per heavy atom. The highest BCUT2D eigenvalue weighted by atomic mass is 15.2. The molecule has 3 aromatic rings. The molecule has 0 radical (unpaired) electrons. The highest BCUT2D eigenvalue weighted by Crippen LogP contribution is 2.22. The number of para-hydroxylation sites is 1. The summed E-state index contributed by atoms with van der Waals surface area (Å²) in [4.78, 5) is 11.9. The number of H-pyrrole nitrogens is 1. The average Bonchev–Trinajstić information content (AvgIpc) is 3.11. The number of hydrogen-bond acceptors (Lipinski definition) is 2. The molecule has 0 atom stereocenters. The van der Waals surface area contributed by atoms with Crippen LogP contribution < -0.4 is 10.6 Å². The van der Waals surface area contributed by atoms with E-state index in [4.69, 9.17) is 0 Å². The Morgan fingerprint density at radius 3 is 2.56 bits per heavy atom. The second-order valence-electron chi connectivity index (χ2n) is 6.74. The van der Waals surface area contributed by atoms with Gasteiger partial charge in [0.1, 0.15) is 0 Å². The van der Waals surface area contributed by atoms with E-state index in [1.54, 1.807) is 0 Å². The molecule has 0 amide bonds. The first-order valence-corrected chi connectivity index (χ1v) is 9.64. The van der Waals surface area contributed by atoms with Crippen LogP contribution in [0.5, 0.6) is 0 Å². The Morgan fingerprint density at radius 2 is 1.85 bits per heavy atom. The van der Waals surface area contributed by atoms with Crippen molar-refractivity contribution in [3.05, 3.63) is 65.1 Å². The van der Waals surface area contributed by atoms with Gasteiger partial charge in [0.2, 0.25) is 0 Å². The largest absolute Gasteiger partial charge is 0.361 e. The number of nitrogens with one attached hydrogen (secondary N) is 3. The molecule has 5 heteroatoms. The average molecular weight is 364 g/mol. The Balaban J connectivity index is 1.50. The van der Waals surface area contributed by atoms with Gasteiger partial charge < -0.3 is 15.6 Å². The molecule has 0 aliphatic heterocycles. The van der Waals surface area contributed by atoms with Crippen molar-refractivity contribution in [1.29, 1.82) is 0 Å². The number of aromatic amines is 1. The van der Waals surface area contributed by atoms with Crippen LogP contribution in [0.3, 0.4) is 0 Å². The summed E-state index contributed by atoms with van der Waals surface area (Å²) in [7, 11) is 1.81. The minimum atomic E-state index is 0.843. The number of guanidine groups is 1. The van der Waals surface area contributed by atoms with Gasteiger partial charge in [-0.05, 0) is 54.5 Å². The third kappa shape index (κ3) is 4.67. The summed E-state index contributed by atoms with van der Waals surface area (Å²) in [5.74, 6) is 0.843. The minimum absolute atomic E-state index is 0.843. The molecule has 2 aromatic heterocycles. The minimum Gasteiger partial charge on any atom is -0.361 e. The molecule has 0 bridgehead atoms. The highest BCUT2D eigenvalue weighted by molar-refractivity contribution is 5.86. The second-order valence-corrected chi connectivity index (χ2v) is 6.74. The second kappa shape index (κ2) is 9.21. The normalized spacial score (nSPS) is 11.7. The number of benzene rings is 1. The van der Waals surface area contributed by atoms with E-state index in [9.17, 15) is 0 Å². The number of pyridine rings is 1. The maximum atomic E-state index is 4.32. The molecule has 3 rings (SSSR count). The van der Waals surface area contributed by atoms with Crippen LogP contribution in [0.15, 0.2) is 47.8 Å². The lowest BCUT2D eigenvalue weighted by Crippen LogP contribution is -2.39. The Kier molecular flexibility index (Phi) is 6.47. The summed E-state index contributed by atoms with van der Waals surface area (Å²) in [6, 6.07) is 8.61. The topological polar surface area (TPSA) is 65.1 Å². The first-order valence-electron chi connectivity index (χ1n) is 9.64. The van der Waals surface area contributed by atoms with Gasteiger partial charge in [0.15, 0.2) is 5.96 Å². The van der Waals surface area contributed by atoms with Crippen molar-refractivity contribution < 1.29 is 0 Å². The zero-order chi connectivity index (χ0) is 19.1. The fourth-order valence-electron chi connectivity index (χ4n) is 3.41. The fraction of sp³-hybridized carbons (Fsp3) is 0.364. The molecule has 27 heavy (non-hydrogen) atoms. The molecule has 1 aromatic carbocycles. The third-order valence-corrected chi connectivity index (χ3v) is 5.00. The third-order valence-electron chi connectivity index (χ3n) is 5.00. The van der Waals surface area contributed by atoms with Gasteiger partial charge in [-0.15, -0.1) is 0 Å². The Bertz CT molecular complexity index is 910. The van der Waals surface area contributed by atoms with Gasteiger partial charge in [0.05, 0.1) is 0 Å². The van der Waals surface area contributed by atoms with Crippen LogP contribution in [-0.4, -0.2) is 36.1 Å². The van der Waals surface area contributed by atoms with E-state index in [-0.39, 0.29) is 0 Å². The summed E-state index contributed by atoms with van der Waals surface area (Å²) in [6.07, 6.45) is 8.85. The quantitative estimate of drug-likeness (QED) is 0.445. The van der Waals surface area contributed by atoms with Crippen LogP contribution in [0.1, 0.15) is 29.2 Å². The van der Waals surface area contributed by atoms with E-state index in [1.165, 1.54) is 33.2 Å². The molecule has 0 spiro atoms. The number of fused-ring (bicyclic) bond motifs is 1. The van der Waals surface area contributed by atoms with Crippen LogP contribution >= 0.6 is 0 Å². The summed E-state index contributed by atoms with van der Waals surface area (Å²) < 4.78 is 0. The van der Waals surface area contributed by atoms with Crippen molar-refractivity contribution in [2.24, 2.45) is 4.99 Å². The van der Waals surface area contributed by atoms with E-state index in [0.29, 0.717) is 0 Å². The van der Waals surface area contributed by atoms with Crippen LogP contribution in [0.4, 0.5) is 0 Å². The molecule has 0 saturated carbocycles. The fourth-order valence-corrected chi connectivity index (χ4v) is 3.41. The Labute approximate surface area is 161 Å². The van der Waals surface area contributed by atoms with Crippen molar-refractivity contribution in [1.82, 2.24) is 20.6 Å². The van der Waals surface area contributed by atoms with Gasteiger partial charge >= 0.3 is 0 Å². The molecule has 0 fully saturated rings. The predicted octanol–water partition coefficient (Wildman–Crippen LogP) is 3.38. The monoisotopic (exact) mass is 363 g/mol. The van der Waals surface area contributed by atoms with Gasteiger partial charge in [-0.2, -0.15) is 0 Å². The standard InChI is InChI=1S/C22H29N5/c1-4-17-6-5-7-20-19(15-27-21(17)20)10-13-26-22(23-3)25-12-9-18-8-11-24-14-16(18)2/h5-8,11,14-15,27H,4,9-10,12-13H2,1-3H3,(H2,23,25,26). The van der Waals surface area contributed by atoms with Crippen LogP contribution in [0.25, 0.3) is 10.9 Å². The summed E-state index contributed by atoms with van der Waals surface area (Å²) in [6.45, 7) is 5.98. The summed E-state index contributed by atoms with van der Waals surface area (Å²) >= 11 is 0. The number of aromatic nitrogens is 2. The van der Waals surface area contributed by atoms with Gasteiger partial charge in [0, 0.05) is 49.6 Å². The van der Waals surface area contributed by atoms with E-state index in [1.807, 2.05) is 19.4 Å². The van der Waals surface area contributed by atoms with Gasteiger partial charge in [-0.25, -0.2) is 0 Å². The first-order chi connectivity index (χ1) is 13.2. The van der Waals surface area contributed by atoms with Crippen molar-refractivity contribution in [3.8, 4) is 0 Å². The van der Waals surface area contributed by atoms with Crippen molar-refractivity contribution >= 4 is 16.9 Å². The number of nitrogens with zero attached hydrogens (tertiary/aromatic N) is 2. The zero-order valence-corrected chi connectivity index (χ0v) is 16.5. The molecule has 142 valence electrons. The molecule has 3 N–H and O–H groups in total. The number of aryl methyl sites for hydroxylation is 2. The molecule has 0 saturated heterocycles. The molecule has 0 aliphatic carbocycles. The zero-order valence-electron chi connectivity index (χ0n) is 16.5. The molecule has 5 nitrogen and oxygen atoms in total. The van der Waals surface area contributed by atoms with E-state index >= 15 is 0 Å². The molecule has 0 aliphatic rings. The maximum Gasteiger partial charge on any atom is 0.190 e. The van der Waals surface area contributed by atoms with Crippen LogP contribution in [0, 0.1) is 6.92 Å². The Hall–Kier alpha value is -2.82. The van der Waals surface area contributed by atoms with E-state index in [0.717, 1.165) is 38.3 Å². The van der Waals surface area contributed by atoms with Crippen molar-refractivity contribution in [2.45, 2.75) is 33.1 Å². The van der Waals surface area contributed by atoms with Crippen molar-refractivity contribution in [3.63, 3.8) is 0 Å². The molecular weight excluding hydrogens is 334 g/mol.